The summed E-state index contributed by atoms with van der Waals surface area (Å²) in [5.41, 5.74) is 8.40. The van der Waals surface area contributed by atoms with Gasteiger partial charge in [-0.3, -0.25) is 0 Å². The third-order valence-corrected chi connectivity index (χ3v) is 3.27. The van der Waals surface area contributed by atoms with Gasteiger partial charge in [-0.2, -0.15) is 5.26 Å². The Bertz CT molecular complexity index is 641. The maximum atomic E-state index is 8.83. The largest absolute Gasteiger partial charge is 0.495 e. The Morgan fingerprint density at radius 2 is 1.89 bits per heavy atom. The molecule has 0 saturated heterocycles. The SMILES string of the molecule is COc1cc(Nc2ccc(C#N)c(N)c2)ccc1Br. The van der Waals surface area contributed by atoms with Crippen LogP contribution in [0.5, 0.6) is 5.75 Å². The van der Waals surface area contributed by atoms with Gasteiger partial charge in [0, 0.05) is 17.4 Å². The number of rotatable bonds is 3. The minimum absolute atomic E-state index is 0.455. The van der Waals surface area contributed by atoms with Crippen LogP contribution in [-0.4, -0.2) is 7.11 Å². The Labute approximate surface area is 119 Å². The van der Waals surface area contributed by atoms with E-state index in [2.05, 4.69) is 21.2 Å². The van der Waals surface area contributed by atoms with Crippen LogP contribution < -0.4 is 15.8 Å². The van der Waals surface area contributed by atoms with E-state index in [4.69, 9.17) is 15.7 Å². The van der Waals surface area contributed by atoms with Crippen molar-refractivity contribution in [3.05, 3.63) is 46.4 Å². The molecule has 0 unspecified atom stereocenters. The topological polar surface area (TPSA) is 71.1 Å². The molecule has 0 saturated carbocycles. The minimum atomic E-state index is 0.455. The number of nitrogens with two attached hydrogens (primary N) is 1. The van der Waals surface area contributed by atoms with Crippen LogP contribution in [0.2, 0.25) is 0 Å². The van der Waals surface area contributed by atoms with Crippen molar-refractivity contribution in [2.45, 2.75) is 0 Å². The molecule has 0 spiro atoms. The van der Waals surface area contributed by atoms with E-state index in [9.17, 15) is 0 Å². The Kier molecular flexibility index (Phi) is 3.93. The van der Waals surface area contributed by atoms with Gasteiger partial charge in [-0.05, 0) is 46.3 Å². The van der Waals surface area contributed by atoms with Gasteiger partial charge in [-0.15, -0.1) is 0 Å². The molecule has 3 N–H and O–H groups in total. The van der Waals surface area contributed by atoms with Crippen LogP contribution in [0.3, 0.4) is 0 Å². The van der Waals surface area contributed by atoms with Crippen molar-refractivity contribution in [3.63, 3.8) is 0 Å². The van der Waals surface area contributed by atoms with E-state index >= 15 is 0 Å². The lowest BCUT2D eigenvalue weighted by atomic mass is 10.1. The van der Waals surface area contributed by atoms with E-state index < -0.39 is 0 Å². The molecule has 0 atom stereocenters. The van der Waals surface area contributed by atoms with Crippen molar-refractivity contribution in [1.29, 1.82) is 5.26 Å². The summed E-state index contributed by atoms with van der Waals surface area (Å²) in [4.78, 5) is 0. The molecule has 96 valence electrons. The van der Waals surface area contributed by atoms with Crippen molar-refractivity contribution in [2.24, 2.45) is 0 Å². The fourth-order valence-electron chi connectivity index (χ4n) is 1.65. The van der Waals surface area contributed by atoms with Crippen LogP contribution >= 0.6 is 15.9 Å². The lowest BCUT2D eigenvalue weighted by Crippen LogP contribution is -1.95. The van der Waals surface area contributed by atoms with E-state index in [1.54, 1.807) is 19.2 Å². The number of nitriles is 1. The molecule has 2 aromatic rings. The van der Waals surface area contributed by atoms with Crippen LogP contribution in [0.15, 0.2) is 40.9 Å². The van der Waals surface area contributed by atoms with E-state index in [-0.39, 0.29) is 0 Å². The molecule has 0 aromatic heterocycles. The number of benzene rings is 2. The van der Waals surface area contributed by atoms with E-state index in [1.807, 2.05) is 30.3 Å². The smallest absolute Gasteiger partial charge is 0.135 e. The van der Waals surface area contributed by atoms with Gasteiger partial charge >= 0.3 is 0 Å². The lowest BCUT2D eigenvalue weighted by Gasteiger charge is -2.10. The first-order chi connectivity index (χ1) is 9.13. The van der Waals surface area contributed by atoms with E-state index in [0.29, 0.717) is 11.3 Å². The summed E-state index contributed by atoms with van der Waals surface area (Å²) in [7, 11) is 1.61. The highest BCUT2D eigenvalue weighted by molar-refractivity contribution is 9.10. The maximum Gasteiger partial charge on any atom is 0.135 e. The lowest BCUT2D eigenvalue weighted by molar-refractivity contribution is 0.412. The molecule has 0 bridgehead atoms. The average molecular weight is 318 g/mol. The third kappa shape index (κ3) is 2.98. The fourth-order valence-corrected chi connectivity index (χ4v) is 2.06. The summed E-state index contributed by atoms with van der Waals surface area (Å²) in [5, 5.41) is 12.0. The van der Waals surface area contributed by atoms with Gasteiger partial charge in [0.05, 0.1) is 22.8 Å². The van der Waals surface area contributed by atoms with Crippen molar-refractivity contribution in [3.8, 4) is 11.8 Å². The summed E-state index contributed by atoms with van der Waals surface area (Å²) in [6.45, 7) is 0. The molecular weight excluding hydrogens is 306 g/mol. The second-order valence-corrected chi connectivity index (χ2v) is 4.74. The van der Waals surface area contributed by atoms with Crippen LogP contribution in [0.25, 0.3) is 0 Å². The number of ether oxygens (including phenoxy) is 1. The summed E-state index contributed by atoms with van der Waals surface area (Å²) in [6.07, 6.45) is 0. The van der Waals surface area contributed by atoms with E-state index in [0.717, 1.165) is 21.6 Å². The first-order valence-electron chi connectivity index (χ1n) is 5.54. The number of hydrogen-bond acceptors (Lipinski definition) is 4. The van der Waals surface area contributed by atoms with Gasteiger partial charge < -0.3 is 15.8 Å². The normalized spacial score (nSPS) is 9.74. The molecule has 5 heteroatoms. The molecule has 0 fully saturated rings. The second-order valence-electron chi connectivity index (χ2n) is 3.89. The van der Waals surface area contributed by atoms with Gasteiger partial charge in [-0.1, -0.05) is 0 Å². The van der Waals surface area contributed by atoms with Gasteiger partial charge in [-0.25, -0.2) is 0 Å². The number of nitrogen functional groups attached to an aromatic ring is 1. The number of hydrogen-bond donors (Lipinski definition) is 2. The van der Waals surface area contributed by atoms with Crippen LogP contribution in [0.1, 0.15) is 5.56 Å². The molecule has 0 heterocycles. The van der Waals surface area contributed by atoms with Crippen LogP contribution in [-0.2, 0) is 0 Å². The summed E-state index contributed by atoms with van der Waals surface area (Å²) in [5.74, 6) is 0.742. The maximum absolute atomic E-state index is 8.83. The zero-order valence-electron chi connectivity index (χ0n) is 10.3. The predicted octanol–water partition coefficient (Wildman–Crippen LogP) is 3.66. The van der Waals surface area contributed by atoms with Crippen molar-refractivity contribution in [1.82, 2.24) is 0 Å². The molecule has 0 amide bonds. The number of methoxy groups -OCH3 is 1. The number of nitrogens with zero attached hydrogens (tertiary/aromatic N) is 1. The molecule has 0 aliphatic rings. The van der Waals surface area contributed by atoms with Gasteiger partial charge in [0.25, 0.3) is 0 Å². The zero-order chi connectivity index (χ0) is 13.8. The number of anilines is 3. The van der Waals surface area contributed by atoms with Crippen molar-refractivity contribution < 1.29 is 4.74 Å². The van der Waals surface area contributed by atoms with Crippen molar-refractivity contribution >= 4 is 33.0 Å². The van der Waals surface area contributed by atoms with Gasteiger partial charge in [0.15, 0.2) is 0 Å². The monoisotopic (exact) mass is 317 g/mol. The number of nitrogens with one attached hydrogen (secondary N) is 1. The van der Waals surface area contributed by atoms with Gasteiger partial charge in [0.1, 0.15) is 11.8 Å². The average Bonchev–Trinajstić information content (AvgIpc) is 2.41. The summed E-state index contributed by atoms with van der Waals surface area (Å²) < 4.78 is 6.12. The highest BCUT2D eigenvalue weighted by atomic mass is 79.9. The Hall–Kier alpha value is -2.19. The first-order valence-corrected chi connectivity index (χ1v) is 6.33. The summed E-state index contributed by atoms with van der Waals surface area (Å²) in [6, 6.07) is 12.9. The molecule has 19 heavy (non-hydrogen) atoms. The quantitative estimate of drug-likeness (QED) is 0.847. The molecule has 0 aliphatic heterocycles. The molecule has 2 rings (SSSR count). The molecular formula is C14H12BrN3O. The standard InChI is InChI=1S/C14H12BrN3O/c1-19-14-7-11(4-5-12(14)15)18-10-3-2-9(8-16)13(17)6-10/h2-7,18H,17H2,1H3. The highest BCUT2D eigenvalue weighted by Gasteiger charge is 2.03. The van der Waals surface area contributed by atoms with Crippen molar-refractivity contribution in [2.75, 3.05) is 18.2 Å². The fraction of sp³-hybridized carbons (Fsp3) is 0.0714. The molecule has 0 aliphatic carbocycles. The third-order valence-electron chi connectivity index (χ3n) is 2.61. The van der Waals surface area contributed by atoms with E-state index in [1.165, 1.54) is 0 Å². The Morgan fingerprint density at radius 3 is 2.53 bits per heavy atom. The zero-order valence-corrected chi connectivity index (χ0v) is 11.9. The second kappa shape index (κ2) is 5.63. The number of halogens is 1. The molecule has 4 nitrogen and oxygen atoms in total. The highest BCUT2D eigenvalue weighted by Crippen LogP contribution is 2.30. The van der Waals surface area contributed by atoms with Gasteiger partial charge in [0.2, 0.25) is 0 Å². The first kappa shape index (κ1) is 13.2. The van der Waals surface area contributed by atoms with Crippen LogP contribution in [0.4, 0.5) is 17.1 Å². The summed E-state index contributed by atoms with van der Waals surface area (Å²) >= 11 is 3.40. The Balaban J connectivity index is 2.26. The molecule has 2 aromatic carbocycles. The Morgan fingerprint density at radius 1 is 1.21 bits per heavy atom. The van der Waals surface area contributed by atoms with Crippen LogP contribution in [0, 0.1) is 11.3 Å². The minimum Gasteiger partial charge on any atom is -0.495 e. The predicted molar refractivity (Wildman–Crippen MR) is 79.5 cm³/mol. The molecule has 0 radical (unpaired) electrons.